The van der Waals surface area contributed by atoms with Crippen LogP contribution in [-0.4, -0.2) is 53.5 Å². The summed E-state index contributed by atoms with van der Waals surface area (Å²) < 4.78 is 16.7. The summed E-state index contributed by atoms with van der Waals surface area (Å²) in [7, 11) is 1.47. The van der Waals surface area contributed by atoms with Gasteiger partial charge in [-0.15, -0.1) is 4.98 Å². The van der Waals surface area contributed by atoms with Crippen molar-refractivity contribution in [3.05, 3.63) is 5.28 Å². The number of aromatic nitrogens is 3. The molecule has 7 nitrogen and oxygen atoms in total. The van der Waals surface area contributed by atoms with Crippen LogP contribution in [0, 0.1) is 0 Å². The summed E-state index contributed by atoms with van der Waals surface area (Å²) in [6.45, 7) is 2.52. The third-order valence-corrected chi connectivity index (χ3v) is 3.88. The standard InChI is InChI=1S/C12H17ClN4O3/c1-18-10-15-9(13)16-11(17-10)20-8-6-12(19-7-8)2-4-14-5-3-12/h8,14H,2-7H2,1H3. The SMILES string of the molecule is COc1nc(Cl)nc(OC2COC3(CCNCC3)C2)n1. The van der Waals surface area contributed by atoms with E-state index in [1.54, 1.807) is 0 Å². The lowest BCUT2D eigenvalue weighted by atomic mass is 9.89. The second-order valence-electron chi connectivity index (χ2n) is 5.06. The Balaban J connectivity index is 1.65. The predicted octanol–water partition coefficient (Wildman–Crippen LogP) is 0.823. The highest BCUT2D eigenvalue weighted by Gasteiger charge is 2.42. The molecule has 3 rings (SSSR count). The zero-order chi connectivity index (χ0) is 14.0. The minimum atomic E-state index is -0.0590. The van der Waals surface area contributed by atoms with Crippen molar-refractivity contribution < 1.29 is 14.2 Å². The van der Waals surface area contributed by atoms with E-state index in [4.69, 9.17) is 25.8 Å². The molecule has 1 aromatic heterocycles. The van der Waals surface area contributed by atoms with E-state index in [-0.39, 0.29) is 29.0 Å². The van der Waals surface area contributed by atoms with Crippen molar-refractivity contribution in [2.75, 3.05) is 26.8 Å². The molecule has 1 N–H and O–H groups in total. The van der Waals surface area contributed by atoms with Crippen molar-refractivity contribution in [2.24, 2.45) is 0 Å². The molecule has 8 heteroatoms. The monoisotopic (exact) mass is 300 g/mol. The summed E-state index contributed by atoms with van der Waals surface area (Å²) in [6, 6.07) is 0.330. The number of piperidine rings is 1. The van der Waals surface area contributed by atoms with Crippen molar-refractivity contribution in [3.8, 4) is 12.0 Å². The highest BCUT2D eigenvalue weighted by atomic mass is 35.5. The molecule has 1 aromatic rings. The zero-order valence-corrected chi connectivity index (χ0v) is 12.0. The van der Waals surface area contributed by atoms with Gasteiger partial charge in [-0.05, 0) is 37.5 Å². The summed E-state index contributed by atoms with van der Waals surface area (Å²) in [5.74, 6) is 0. The van der Waals surface area contributed by atoms with Gasteiger partial charge in [0.2, 0.25) is 5.28 Å². The van der Waals surface area contributed by atoms with E-state index in [9.17, 15) is 0 Å². The lowest BCUT2D eigenvalue weighted by molar-refractivity contribution is -0.0206. The van der Waals surface area contributed by atoms with Crippen molar-refractivity contribution in [1.29, 1.82) is 0 Å². The molecule has 2 aliphatic heterocycles. The average Bonchev–Trinajstić information content (AvgIpc) is 2.81. The lowest BCUT2D eigenvalue weighted by Crippen LogP contribution is -2.41. The second kappa shape index (κ2) is 5.67. The van der Waals surface area contributed by atoms with Crippen LogP contribution in [0.4, 0.5) is 0 Å². The molecule has 2 aliphatic rings. The van der Waals surface area contributed by atoms with Crippen molar-refractivity contribution in [2.45, 2.75) is 31.0 Å². The van der Waals surface area contributed by atoms with Gasteiger partial charge in [0.15, 0.2) is 0 Å². The topological polar surface area (TPSA) is 78.4 Å². The minimum Gasteiger partial charge on any atom is -0.467 e. The first kappa shape index (κ1) is 13.8. The summed E-state index contributed by atoms with van der Waals surface area (Å²) in [4.78, 5) is 11.8. The van der Waals surface area contributed by atoms with E-state index >= 15 is 0 Å². The molecule has 0 amide bonds. The maximum absolute atomic E-state index is 5.95. The third kappa shape index (κ3) is 2.94. The Morgan fingerprint density at radius 2 is 2.00 bits per heavy atom. The molecule has 3 heterocycles. The van der Waals surface area contributed by atoms with E-state index < -0.39 is 0 Å². The van der Waals surface area contributed by atoms with Crippen LogP contribution >= 0.6 is 11.6 Å². The summed E-state index contributed by atoms with van der Waals surface area (Å²) in [6.07, 6.45) is 2.80. The largest absolute Gasteiger partial charge is 0.467 e. The van der Waals surface area contributed by atoms with Gasteiger partial charge < -0.3 is 19.5 Å². The smallest absolute Gasteiger partial charge is 0.324 e. The zero-order valence-electron chi connectivity index (χ0n) is 11.3. The van der Waals surface area contributed by atoms with Crippen LogP contribution in [0.1, 0.15) is 19.3 Å². The molecule has 110 valence electrons. The van der Waals surface area contributed by atoms with Gasteiger partial charge in [-0.3, -0.25) is 0 Å². The van der Waals surface area contributed by atoms with E-state index in [1.165, 1.54) is 7.11 Å². The molecule has 0 bridgehead atoms. The number of nitrogens with zero attached hydrogens (tertiary/aromatic N) is 3. The van der Waals surface area contributed by atoms with Gasteiger partial charge in [0.1, 0.15) is 6.10 Å². The minimum absolute atomic E-state index is 0.0577. The predicted molar refractivity (Wildman–Crippen MR) is 71.2 cm³/mol. The van der Waals surface area contributed by atoms with Gasteiger partial charge in [-0.25, -0.2) is 0 Å². The first-order valence-electron chi connectivity index (χ1n) is 6.66. The molecule has 20 heavy (non-hydrogen) atoms. The molecular weight excluding hydrogens is 284 g/mol. The molecule has 1 atom stereocenters. The highest BCUT2D eigenvalue weighted by Crippen LogP contribution is 2.35. The van der Waals surface area contributed by atoms with Crippen LogP contribution in [0.5, 0.6) is 12.0 Å². The van der Waals surface area contributed by atoms with Crippen LogP contribution in [0.3, 0.4) is 0 Å². The Labute approximate surface area is 122 Å². The van der Waals surface area contributed by atoms with Gasteiger partial charge in [-0.1, -0.05) is 0 Å². The van der Waals surface area contributed by atoms with Gasteiger partial charge in [0.05, 0.1) is 19.3 Å². The first-order chi connectivity index (χ1) is 9.69. The third-order valence-electron chi connectivity index (χ3n) is 3.71. The quantitative estimate of drug-likeness (QED) is 0.885. The molecule has 0 aliphatic carbocycles. The number of methoxy groups -OCH3 is 1. The normalized spacial score (nSPS) is 24.8. The highest BCUT2D eigenvalue weighted by molar-refractivity contribution is 6.28. The Hall–Kier alpha value is -1.18. The van der Waals surface area contributed by atoms with Gasteiger partial charge in [0, 0.05) is 6.42 Å². The van der Waals surface area contributed by atoms with Crippen LogP contribution in [0.2, 0.25) is 5.28 Å². The summed E-state index contributed by atoms with van der Waals surface area (Å²) in [5, 5.41) is 3.39. The molecule has 0 aromatic carbocycles. The number of ether oxygens (including phenoxy) is 3. The Kier molecular flexibility index (Phi) is 3.91. The average molecular weight is 301 g/mol. The van der Waals surface area contributed by atoms with E-state index in [0.29, 0.717) is 6.61 Å². The van der Waals surface area contributed by atoms with Crippen molar-refractivity contribution >= 4 is 11.6 Å². The number of halogens is 1. The summed E-state index contributed by atoms with van der Waals surface area (Å²) >= 11 is 5.79. The number of hydrogen-bond donors (Lipinski definition) is 1. The maximum atomic E-state index is 5.95. The molecular formula is C12H17ClN4O3. The van der Waals surface area contributed by atoms with Gasteiger partial charge >= 0.3 is 12.0 Å². The molecule has 2 saturated heterocycles. The van der Waals surface area contributed by atoms with Crippen molar-refractivity contribution in [1.82, 2.24) is 20.3 Å². The fourth-order valence-electron chi connectivity index (χ4n) is 2.72. The van der Waals surface area contributed by atoms with Crippen molar-refractivity contribution in [3.63, 3.8) is 0 Å². The Bertz CT molecular complexity index is 482. The first-order valence-corrected chi connectivity index (χ1v) is 7.04. The van der Waals surface area contributed by atoms with Crippen LogP contribution < -0.4 is 14.8 Å². The van der Waals surface area contributed by atoms with Crippen LogP contribution in [0.15, 0.2) is 0 Å². The van der Waals surface area contributed by atoms with Crippen LogP contribution in [-0.2, 0) is 4.74 Å². The molecule has 1 unspecified atom stereocenters. The lowest BCUT2D eigenvalue weighted by Gasteiger charge is -2.32. The van der Waals surface area contributed by atoms with E-state index in [0.717, 1.165) is 32.4 Å². The van der Waals surface area contributed by atoms with E-state index in [1.807, 2.05) is 0 Å². The molecule has 0 radical (unpaired) electrons. The fraction of sp³-hybridized carbons (Fsp3) is 0.750. The molecule has 0 saturated carbocycles. The number of nitrogens with one attached hydrogen (secondary N) is 1. The molecule has 1 spiro atoms. The maximum Gasteiger partial charge on any atom is 0.324 e. The van der Waals surface area contributed by atoms with Gasteiger partial charge in [0.25, 0.3) is 0 Å². The second-order valence-corrected chi connectivity index (χ2v) is 5.40. The van der Waals surface area contributed by atoms with E-state index in [2.05, 4.69) is 20.3 Å². The molecule has 2 fully saturated rings. The Morgan fingerprint density at radius 1 is 1.25 bits per heavy atom. The number of rotatable bonds is 3. The fourth-order valence-corrected chi connectivity index (χ4v) is 2.86. The van der Waals surface area contributed by atoms with Gasteiger partial charge in [-0.2, -0.15) is 9.97 Å². The Morgan fingerprint density at radius 3 is 2.75 bits per heavy atom. The van der Waals surface area contributed by atoms with Crippen LogP contribution in [0.25, 0.3) is 0 Å². The summed E-state index contributed by atoms with van der Waals surface area (Å²) in [5.41, 5.74) is -0.0587. The number of hydrogen-bond acceptors (Lipinski definition) is 7.